The van der Waals surface area contributed by atoms with Crippen molar-refractivity contribution >= 4 is 5.97 Å². The van der Waals surface area contributed by atoms with Gasteiger partial charge in [-0.25, -0.2) is 13.2 Å². The zero-order chi connectivity index (χ0) is 17.9. The summed E-state index contributed by atoms with van der Waals surface area (Å²) in [7, 11) is 0. The predicted octanol–water partition coefficient (Wildman–Crippen LogP) is 2.58. The number of hydrogen-bond donors (Lipinski definition) is 1. The molecule has 0 aliphatic carbocycles. The van der Waals surface area contributed by atoms with Gasteiger partial charge in [-0.15, -0.1) is 0 Å². The van der Waals surface area contributed by atoms with Crippen molar-refractivity contribution in [2.75, 3.05) is 0 Å². The molecule has 0 aliphatic rings. The normalized spacial score (nSPS) is 14.2. The van der Waals surface area contributed by atoms with E-state index < -0.39 is 29.7 Å². The molecule has 0 heterocycles. The molecular weight excluding hydrogens is 321 g/mol. The van der Waals surface area contributed by atoms with Crippen LogP contribution < -0.4 is 5.11 Å². The van der Waals surface area contributed by atoms with Crippen LogP contribution >= 0.6 is 0 Å². The van der Waals surface area contributed by atoms with E-state index in [1.807, 2.05) is 0 Å². The molecule has 0 aromatic heterocycles. The summed E-state index contributed by atoms with van der Waals surface area (Å²) in [5.74, 6) is -6.44. The maximum absolute atomic E-state index is 13.4. The third kappa shape index (κ3) is 4.35. The number of carboxylic acids is 1. The molecule has 2 aromatic rings. The molecule has 2 rings (SSSR count). The van der Waals surface area contributed by atoms with Crippen molar-refractivity contribution in [1.29, 1.82) is 0 Å². The van der Waals surface area contributed by atoms with Crippen LogP contribution in [-0.4, -0.2) is 11.1 Å². The van der Waals surface area contributed by atoms with Crippen LogP contribution in [0.1, 0.15) is 29.7 Å². The van der Waals surface area contributed by atoms with Crippen LogP contribution in [0.25, 0.3) is 0 Å². The number of aliphatic hydroxyl groups is 1. The molecule has 24 heavy (non-hydrogen) atoms. The summed E-state index contributed by atoms with van der Waals surface area (Å²) >= 11 is 0. The fourth-order valence-electron chi connectivity index (χ4n) is 2.44. The van der Waals surface area contributed by atoms with Gasteiger partial charge in [-0.2, -0.15) is 0 Å². The molecule has 0 saturated heterocycles. The topological polar surface area (TPSA) is 60.4 Å². The maximum Gasteiger partial charge on any atom is 0.270 e. The molecule has 128 valence electrons. The van der Waals surface area contributed by atoms with Crippen LogP contribution in [-0.2, 0) is 17.1 Å². The molecule has 2 unspecified atom stereocenters. The second-order valence-corrected chi connectivity index (χ2v) is 5.71. The lowest BCUT2D eigenvalue weighted by Gasteiger charge is -2.25. The van der Waals surface area contributed by atoms with Gasteiger partial charge in [0.2, 0.25) is 0 Å². The highest BCUT2D eigenvalue weighted by molar-refractivity contribution is 5.69. The Labute approximate surface area is 137 Å². The Morgan fingerprint density at radius 3 is 2.38 bits per heavy atom. The lowest BCUT2D eigenvalue weighted by Crippen LogP contribution is -2.36. The molecule has 3 nitrogen and oxygen atoms in total. The van der Waals surface area contributed by atoms with E-state index >= 15 is 0 Å². The van der Waals surface area contributed by atoms with Crippen molar-refractivity contribution in [3.63, 3.8) is 0 Å². The third-order valence-corrected chi connectivity index (χ3v) is 3.78. The van der Waals surface area contributed by atoms with Crippen molar-refractivity contribution < 1.29 is 28.2 Å². The summed E-state index contributed by atoms with van der Waals surface area (Å²) in [6, 6.07) is 10.1. The van der Waals surface area contributed by atoms with E-state index in [1.54, 1.807) is 0 Å². The van der Waals surface area contributed by atoms with E-state index in [0.717, 1.165) is 19.1 Å². The number of halogens is 3. The molecule has 2 aromatic carbocycles. The first-order valence-electron chi connectivity index (χ1n) is 7.30. The van der Waals surface area contributed by atoms with E-state index in [4.69, 9.17) is 0 Å². The van der Waals surface area contributed by atoms with Gasteiger partial charge in [-0.1, -0.05) is 30.3 Å². The number of benzene rings is 2. The quantitative estimate of drug-likeness (QED) is 0.881. The monoisotopic (exact) mass is 337 g/mol. The predicted molar refractivity (Wildman–Crippen MR) is 79.6 cm³/mol. The van der Waals surface area contributed by atoms with Crippen LogP contribution in [0.3, 0.4) is 0 Å². The van der Waals surface area contributed by atoms with E-state index in [1.165, 1.54) is 36.4 Å². The SMILES string of the molecule is CC(F)(F)c1cccc(CC(C(=O)[O-])C(O)c2ccc(F)cc2)c1. The lowest BCUT2D eigenvalue weighted by atomic mass is 9.89. The fourth-order valence-corrected chi connectivity index (χ4v) is 2.44. The van der Waals surface area contributed by atoms with Crippen molar-refractivity contribution in [1.82, 2.24) is 0 Å². The molecular formula is C18H16F3O3-. The molecule has 0 fully saturated rings. The van der Waals surface area contributed by atoms with Crippen LogP contribution in [0.15, 0.2) is 48.5 Å². The summed E-state index contributed by atoms with van der Waals surface area (Å²) in [5.41, 5.74) is 0.306. The largest absolute Gasteiger partial charge is 0.550 e. The molecule has 0 spiro atoms. The second kappa shape index (κ2) is 7.05. The van der Waals surface area contributed by atoms with Crippen molar-refractivity contribution in [3.05, 3.63) is 71.0 Å². The highest BCUT2D eigenvalue weighted by Gasteiger charge is 2.26. The summed E-state index contributed by atoms with van der Waals surface area (Å²) in [5, 5.41) is 21.6. The van der Waals surface area contributed by atoms with Crippen molar-refractivity contribution in [3.8, 4) is 0 Å². The van der Waals surface area contributed by atoms with E-state index in [-0.39, 0.29) is 17.5 Å². The minimum Gasteiger partial charge on any atom is -0.550 e. The summed E-state index contributed by atoms with van der Waals surface area (Å²) in [6.45, 7) is 0.746. The first kappa shape index (κ1) is 18.0. The number of carboxylic acid groups (broad SMARTS) is 1. The van der Waals surface area contributed by atoms with E-state index in [0.29, 0.717) is 5.56 Å². The standard InChI is InChI=1S/C18H17F3O3/c1-18(20,21)13-4-2-3-11(9-13)10-15(17(23)24)16(22)12-5-7-14(19)8-6-12/h2-9,15-16,22H,10H2,1H3,(H,23,24)/p-1. The van der Waals surface area contributed by atoms with E-state index in [2.05, 4.69) is 0 Å². The van der Waals surface area contributed by atoms with Crippen molar-refractivity contribution in [2.24, 2.45) is 5.92 Å². The number of carbonyl (C=O) groups excluding carboxylic acids is 1. The smallest absolute Gasteiger partial charge is 0.270 e. The second-order valence-electron chi connectivity index (χ2n) is 5.71. The van der Waals surface area contributed by atoms with Gasteiger partial charge in [0.15, 0.2) is 0 Å². The van der Waals surface area contributed by atoms with Crippen LogP contribution in [0, 0.1) is 11.7 Å². The van der Waals surface area contributed by atoms with Gasteiger partial charge in [0.25, 0.3) is 5.92 Å². The number of carbonyl (C=O) groups is 1. The van der Waals surface area contributed by atoms with Gasteiger partial charge in [0.1, 0.15) is 5.82 Å². The van der Waals surface area contributed by atoms with E-state index in [9.17, 15) is 28.2 Å². The third-order valence-electron chi connectivity index (χ3n) is 3.78. The number of aliphatic hydroxyl groups excluding tert-OH is 1. The number of rotatable bonds is 6. The Bertz CT molecular complexity index is 708. The van der Waals surface area contributed by atoms with Gasteiger partial charge in [-0.3, -0.25) is 0 Å². The van der Waals surface area contributed by atoms with Gasteiger partial charge < -0.3 is 15.0 Å². The Kier molecular flexibility index (Phi) is 5.29. The highest BCUT2D eigenvalue weighted by Crippen LogP contribution is 2.30. The van der Waals surface area contributed by atoms with Crippen LogP contribution in [0.5, 0.6) is 0 Å². The Balaban J connectivity index is 2.26. The minimum absolute atomic E-state index is 0.190. The van der Waals surface area contributed by atoms with Gasteiger partial charge >= 0.3 is 0 Å². The van der Waals surface area contributed by atoms with Gasteiger partial charge in [-0.05, 0) is 35.7 Å². The Hall–Kier alpha value is -2.34. The lowest BCUT2D eigenvalue weighted by molar-refractivity contribution is -0.314. The first-order chi connectivity index (χ1) is 11.2. The zero-order valence-corrected chi connectivity index (χ0v) is 12.9. The average Bonchev–Trinajstić information content (AvgIpc) is 2.52. The summed E-state index contributed by atoms with van der Waals surface area (Å²) in [6.07, 6.45) is -1.63. The van der Waals surface area contributed by atoms with Crippen molar-refractivity contribution in [2.45, 2.75) is 25.4 Å². The number of hydrogen-bond acceptors (Lipinski definition) is 3. The van der Waals surface area contributed by atoms with Gasteiger partial charge in [0, 0.05) is 24.4 Å². The van der Waals surface area contributed by atoms with Crippen LogP contribution in [0.2, 0.25) is 0 Å². The van der Waals surface area contributed by atoms with Crippen LogP contribution in [0.4, 0.5) is 13.2 Å². The molecule has 6 heteroatoms. The molecule has 1 N–H and O–H groups in total. The zero-order valence-electron chi connectivity index (χ0n) is 12.9. The maximum atomic E-state index is 13.4. The number of aliphatic carboxylic acids is 1. The first-order valence-corrected chi connectivity index (χ1v) is 7.30. The number of alkyl halides is 2. The molecule has 0 amide bonds. The highest BCUT2D eigenvalue weighted by atomic mass is 19.3. The molecule has 2 atom stereocenters. The fraction of sp³-hybridized carbons (Fsp3) is 0.278. The average molecular weight is 337 g/mol. The van der Waals surface area contributed by atoms with Gasteiger partial charge in [0.05, 0.1) is 6.10 Å². The molecule has 0 aliphatic heterocycles. The molecule has 0 saturated carbocycles. The molecule has 0 bridgehead atoms. The Morgan fingerprint density at radius 2 is 1.83 bits per heavy atom. The minimum atomic E-state index is -3.05. The summed E-state index contributed by atoms with van der Waals surface area (Å²) < 4.78 is 39.7. The molecule has 0 radical (unpaired) electrons. The Morgan fingerprint density at radius 1 is 1.21 bits per heavy atom. The summed E-state index contributed by atoms with van der Waals surface area (Å²) in [4.78, 5) is 11.4.